The van der Waals surface area contributed by atoms with Crippen LogP contribution in [0.5, 0.6) is 0 Å². The number of ether oxygens (including phenoxy) is 2. The van der Waals surface area contributed by atoms with Crippen LogP contribution in [0.4, 0.5) is 5.69 Å². The minimum atomic E-state index is -0.398. The predicted molar refractivity (Wildman–Crippen MR) is 87.4 cm³/mol. The molecule has 1 spiro atoms. The van der Waals surface area contributed by atoms with Gasteiger partial charge in [0, 0.05) is 31.6 Å². The highest BCUT2D eigenvalue weighted by Crippen LogP contribution is 2.30. The maximum atomic E-state index is 8.94. The normalized spacial score (nSPS) is 20.4. The molecule has 1 N–H and O–H groups in total. The minimum Gasteiger partial charge on any atom is -0.350 e. The molecular formula is C16H19N3O2S. The number of rotatable bonds is 1. The topological polar surface area (TPSA) is 57.5 Å². The fourth-order valence-electron chi connectivity index (χ4n) is 2.83. The van der Waals surface area contributed by atoms with E-state index in [-0.39, 0.29) is 0 Å². The van der Waals surface area contributed by atoms with Gasteiger partial charge in [0.25, 0.3) is 0 Å². The van der Waals surface area contributed by atoms with Gasteiger partial charge in [0.05, 0.1) is 24.8 Å². The number of benzene rings is 1. The maximum Gasteiger partial charge on any atom is 0.173 e. The molecule has 116 valence electrons. The highest BCUT2D eigenvalue weighted by atomic mass is 32.1. The fourth-order valence-corrected chi connectivity index (χ4v) is 3.13. The van der Waals surface area contributed by atoms with Crippen LogP contribution in [-0.4, -0.2) is 42.1 Å². The first-order valence-electron chi connectivity index (χ1n) is 7.55. The van der Waals surface area contributed by atoms with E-state index in [0.717, 1.165) is 51.3 Å². The molecule has 2 aliphatic heterocycles. The molecule has 5 nitrogen and oxygen atoms in total. The monoisotopic (exact) mass is 317 g/mol. The van der Waals surface area contributed by atoms with E-state index in [2.05, 4.69) is 16.3 Å². The van der Waals surface area contributed by atoms with Gasteiger partial charge in [-0.05, 0) is 36.8 Å². The third kappa shape index (κ3) is 3.38. The summed E-state index contributed by atoms with van der Waals surface area (Å²) in [5.41, 5.74) is 1.46. The molecule has 22 heavy (non-hydrogen) atoms. The minimum absolute atomic E-state index is 0.398. The van der Waals surface area contributed by atoms with Gasteiger partial charge in [-0.1, -0.05) is 6.07 Å². The van der Waals surface area contributed by atoms with Gasteiger partial charge in [-0.25, -0.2) is 0 Å². The standard InChI is InChI=1S/C16H19N3O2S/c17-12-13-3-1-4-14(11-13)18-15(22)19-7-5-16(6-8-19)20-9-2-10-21-16/h1,3-4,11H,2,5-10H2,(H,18,22). The molecule has 0 aliphatic carbocycles. The van der Waals surface area contributed by atoms with Gasteiger partial charge in [0.1, 0.15) is 0 Å². The van der Waals surface area contributed by atoms with Crippen LogP contribution in [0.25, 0.3) is 0 Å². The largest absolute Gasteiger partial charge is 0.350 e. The number of hydrogen-bond donors (Lipinski definition) is 1. The molecule has 0 bridgehead atoms. The van der Waals surface area contributed by atoms with Crippen LogP contribution in [0.15, 0.2) is 24.3 Å². The smallest absolute Gasteiger partial charge is 0.173 e. The molecule has 2 aliphatic rings. The van der Waals surface area contributed by atoms with Crippen LogP contribution < -0.4 is 5.32 Å². The van der Waals surface area contributed by atoms with Gasteiger partial charge in [-0.15, -0.1) is 0 Å². The lowest BCUT2D eigenvalue weighted by Gasteiger charge is -2.44. The Kier molecular flexibility index (Phi) is 4.57. The average Bonchev–Trinajstić information content (AvgIpc) is 2.56. The Labute approximate surface area is 135 Å². The van der Waals surface area contributed by atoms with E-state index < -0.39 is 5.79 Å². The summed E-state index contributed by atoms with van der Waals surface area (Å²) in [6.45, 7) is 3.18. The molecule has 0 saturated carbocycles. The summed E-state index contributed by atoms with van der Waals surface area (Å²) < 4.78 is 11.7. The molecular weight excluding hydrogens is 298 g/mol. The highest BCUT2D eigenvalue weighted by molar-refractivity contribution is 7.80. The van der Waals surface area contributed by atoms with E-state index in [9.17, 15) is 0 Å². The molecule has 1 aromatic rings. The Hall–Kier alpha value is -1.68. The lowest BCUT2D eigenvalue weighted by atomic mass is 10.0. The molecule has 6 heteroatoms. The van der Waals surface area contributed by atoms with Gasteiger partial charge in [0.15, 0.2) is 10.9 Å². The van der Waals surface area contributed by atoms with Gasteiger partial charge in [-0.3, -0.25) is 0 Å². The van der Waals surface area contributed by atoms with Crippen LogP contribution in [0.2, 0.25) is 0 Å². The van der Waals surface area contributed by atoms with Crippen LogP contribution in [0.3, 0.4) is 0 Å². The Bertz CT molecular complexity index is 583. The van der Waals surface area contributed by atoms with E-state index in [1.807, 2.05) is 12.1 Å². The van der Waals surface area contributed by atoms with E-state index >= 15 is 0 Å². The molecule has 0 aromatic heterocycles. The van der Waals surface area contributed by atoms with E-state index in [4.69, 9.17) is 27.0 Å². The molecule has 0 amide bonds. The molecule has 0 radical (unpaired) electrons. The number of anilines is 1. The predicted octanol–water partition coefficient (Wildman–Crippen LogP) is 2.48. The maximum absolute atomic E-state index is 8.94. The molecule has 3 rings (SSSR count). The number of thiocarbonyl (C=S) groups is 1. The van der Waals surface area contributed by atoms with Crippen LogP contribution in [-0.2, 0) is 9.47 Å². The molecule has 2 fully saturated rings. The quantitative estimate of drug-likeness (QED) is 0.803. The van der Waals surface area contributed by atoms with Crippen LogP contribution in [0, 0.1) is 11.3 Å². The van der Waals surface area contributed by atoms with Crippen molar-refractivity contribution < 1.29 is 9.47 Å². The first-order chi connectivity index (χ1) is 10.7. The van der Waals surface area contributed by atoms with Crippen molar-refractivity contribution in [1.29, 1.82) is 5.26 Å². The summed E-state index contributed by atoms with van der Waals surface area (Å²) in [6, 6.07) is 9.45. The SMILES string of the molecule is N#Cc1cccc(NC(=S)N2CCC3(CC2)OCCCO3)c1. The number of piperidine rings is 1. The van der Waals surface area contributed by atoms with Gasteiger partial charge in [0.2, 0.25) is 0 Å². The number of nitriles is 1. The van der Waals surface area contributed by atoms with Crippen molar-refractivity contribution >= 4 is 23.0 Å². The van der Waals surface area contributed by atoms with Crippen molar-refractivity contribution in [3.05, 3.63) is 29.8 Å². The first-order valence-corrected chi connectivity index (χ1v) is 7.96. The van der Waals surface area contributed by atoms with Crippen molar-refractivity contribution in [3.63, 3.8) is 0 Å². The van der Waals surface area contributed by atoms with E-state index in [1.165, 1.54) is 0 Å². The summed E-state index contributed by atoms with van der Waals surface area (Å²) in [7, 11) is 0. The Morgan fingerprint density at radius 1 is 1.27 bits per heavy atom. The summed E-state index contributed by atoms with van der Waals surface area (Å²) in [5.74, 6) is -0.398. The summed E-state index contributed by atoms with van der Waals surface area (Å²) in [5, 5.41) is 12.8. The van der Waals surface area contributed by atoms with E-state index in [1.54, 1.807) is 12.1 Å². The lowest BCUT2D eigenvalue weighted by Crippen LogP contribution is -2.52. The van der Waals surface area contributed by atoms with Crippen molar-refractivity contribution in [3.8, 4) is 6.07 Å². The third-order valence-electron chi connectivity index (χ3n) is 4.07. The zero-order valence-corrected chi connectivity index (χ0v) is 13.2. The third-order valence-corrected chi connectivity index (χ3v) is 4.43. The second-order valence-electron chi connectivity index (χ2n) is 5.57. The summed E-state index contributed by atoms with van der Waals surface area (Å²) >= 11 is 5.48. The van der Waals surface area contributed by atoms with Crippen molar-refractivity contribution in [2.75, 3.05) is 31.6 Å². The molecule has 2 heterocycles. The van der Waals surface area contributed by atoms with Gasteiger partial charge >= 0.3 is 0 Å². The summed E-state index contributed by atoms with van der Waals surface area (Å²) in [4.78, 5) is 2.13. The Balaban J connectivity index is 1.56. The second-order valence-corrected chi connectivity index (χ2v) is 5.96. The molecule has 0 atom stereocenters. The van der Waals surface area contributed by atoms with Crippen molar-refractivity contribution in [1.82, 2.24) is 4.90 Å². The highest BCUT2D eigenvalue weighted by Gasteiger charge is 2.38. The van der Waals surface area contributed by atoms with Crippen molar-refractivity contribution in [2.45, 2.75) is 25.0 Å². The Morgan fingerprint density at radius 2 is 2.00 bits per heavy atom. The number of nitrogens with one attached hydrogen (secondary N) is 1. The first kappa shape index (κ1) is 15.2. The van der Waals surface area contributed by atoms with Crippen LogP contribution >= 0.6 is 12.2 Å². The fraction of sp³-hybridized carbons (Fsp3) is 0.500. The zero-order valence-electron chi connectivity index (χ0n) is 12.4. The molecule has 2 saturated heterocycles. The van der Waals surface area contributed by atoms with E-state index in [0.29, 0.717) is 10.7 Å². The van der Waals surface area contributed by atoms with Crippen LogP contribution in [0.1, 0.15) is 24.8 Å². The average molecular weight is 317 g/mol. The van der Waals surface area contributed by atoms with Gasteiger partial charge < -0.3 is 19.7 Å². The lowest BCUT2D eigenvalue weighted by molar-refractivity contribution is -0.281. The summed E-state index contributed by atoms with van der Waals surface area (Å²) in [6.07, 6.45) is 2.63. The second kappa shape index (κ2) is 6.61. The van der Waals surface area contributed by atoms with Gasteiger partial charge in [-0.2, -0.15) is 5.26 Å². The molecule has 0 unspecified atom stereocenters. The van der Waals surface area contributed by atoms with Crippen molar-refractivity contribution in [2.24, 2.45) is 0 Å². The number of hydrogen-bond acceptors (Lipinski definition) is 4. The number of likely N-dealkylation sites (tertiary alicyclic amines) is 1. The zero-order chi connectivity index (χ0) is 15.4. The molecule has 1 aromatic carbocycles. The Morgan fingerprint density at radius 3 is 2.68 bits per heavy atom. The number of nitrogens with zero attached hydrogens (tertiary/aromatic N) is 2.